The number of aromatic nitrogens is 1. The number of aromatic amines is 1. The SMILES string of the molecule is O=C(O)CN1C(=O)C2C3CC(C2C1=O)C1C3Sc2[nH]c(=O)sc2C12CCCC2. The molecule has 2 aliphatic heterocycles. The number of hydrogen-bond acceptors (Lipinski definition) is 6. The summed E-state index contributed by atoms with van der Waals surface area (Å²) in [6.45, 7) is -0.529. The van der Waals surface area contributed by atoms with Crippen molar-refractivity contribution in [2.45, 2.75) is 47.8 Å². The molecule has 5 aliphatic rings. The molecule has 3 aliphatic carbocycles. The van der Waals surface area contributed by atoms with Gasteiger partial charge in [-0.1, -0.05) is 24.2 Å². The maximum atomic E-state index is 13.0. The van der Waals surface area contributed by atoms with Gasteiger partial charge in [-0.05, 0) is 37.0 Å². The minimum Gasteiger partial charge on any atom is -0.480 e. The van der Waals surface area contributed by atoms with Crippen molar-refractivity contribution in [2.24, 2.45) is 29.6 Å². The quantitative estimate of drug-likeness (QED) is 0.705. The molecule has 9 heteroatoms. The number of likely N-dealkylation sites (tertiary alicyclic amines) is 1. The molecule has 0 aromatic carbocycles. The molecule has 1 aromatic heterocycles. The Labute approximate surface area is 168 Å². The van der Waals surface area contributed by atoms with E-state index in [1.165, 1.54) is 16.2 Å². The Hall–Kier alpha value is -1.61. The zero-order chi connectivity index (χ0) is 19.4. The number of amides is 2. The van der Waals surface area contributed by atoms with Crippen LogP contribution >= 0.6 is 23.1 Å². The molecule has 7 nitrogen and oxygen atoms in total. The maximum absolute atomic E-state index is 13.0. The van der Waals surface area contributed by atoms with Crippen molar-refractivity contribution in [1.29, 1.82) is 0 Å². The van der Waals surface area contributed by atoms with E-state index in [0.717, 1.165) is 42.0 Å². The maximum Gasteiger partial charge on any atom is 0.323 e. The number of thiazole rings is 1. The first-order valence-electron chi connectivity index (χ1n) is 9.89. The molecule has 1 saturated heterocycles. The number of thioether (sulfide) groups is 1. The van der Waals surface area contributed by atoms with E-state index in [0.29, 0.717) is 5.92 Å². The van der Waals surface area contributed by atoms with Gasteiger partial charge in [0.05, 0.1) is 16.9 Å². The van der Waals surface area contributed by atoms with Gasteiger partial charge >= 0.3 is 10.8 Å². The van der Waals surface area contributed by atoms with Crippen molar-refractivity contribution in [1.82, 2.24) is 9.88 Å². The van der Waals surface area contributed by atoms with Gasteiger partial charge in [-0.3, -0.25) is 24.1 Å². The second kappa shape index (κ2) is 5.50. The largest absolute Gasteiger partial charge is 0.480 e. The van der Waals surface area contributed by atoms with Gasteiger partial charge in [0.1, 0.15) is 6.54 Å². The van der Waals surface area contributed by atoms with E-state index >= 15 is 0 Å². The first kappa shape index (κ1) is 17.3. The molecule has 0 radical (unpaired) electrons. The van der Waals surface area contributed by atoms with Crippen LogP contribution in [-0.2, 0) is 19.8 Å². The topological polar surface area (TPSA) is 108 Å². The van der Waals surface area contributed by atoms with Gasteiger partial charge in [0.2, 0.25) is 11.8 Å². The Balaban J connectivity index is 1.45. The number of H-pyrrole nitrogens is 1. The van der Waals surface area contributed by atoms with Crippen molar-refractivity contribution in [3.8, 4) is 0 Å². The van der Waals surface area contributed by atoms with Crippen molar-refractivity contribution < 1.29 is 19.5 Å². The van der Waals surface area contributed by atoms with Crippen molar-refractivity contribution >= 4 is 40.9 Å². The summed E-state index contributed by atoms with van der Waals surface area (Å²) < 4.78 is 0. The molecular weight excluding hydrogens is 400 g/mol. The number of rotatable bonds is 2. The number of nitrogens with one attached hydrogen (secondary N) is 1. The zero-order valence-electron chi connectivity index (χ0n) is 15.1. The Morgan fingerprint density at radius 1 is 1.14 bits per heavy atom. The lowest BCUT2D eigenvalue weighted by molar-refractivity contribution is -0.150. The van der Waals surface area contributed by atoms with Gasteiger partial charge in [0.15, 0.2) is 0 Å². The van der Waals surface area contributed by atoms with E-state index in [1.807, 2.05) is 0 Å². The monoisotopic (exact) mass is 420 g/mol. The van der Waals surface area contributed by atoms with E-state index in [4.69, 9.17) is 5.11 Å². The molecule has 28 heavy (non-hydrogen) atoms. The van der Waals surface area contributed by atoms with Crippen LogP contribution in [0.3, 0.4) is 0 Å². The Morgan fingerprint density at radius 3 is 2.50 bits per heavy atom. The molecule has 148 valence electrons. The number of fused-ring (bicyclic) bond motifs is 11. The lowest BCUT2D eigenvalue weighted by Crippen LogP contribution is -2.49. The van der Waals surface area contributed by atoms with E-state index in [9.17, 15) is 19.2 Å². The average molecular weight is 421 g/mol. The Kier molecular flexibility index (Phi) is 3.39. The lowest BCUT2D eigenvalue weighted by Gasteiger charge is -2.49. The molecule has 2 amide bonds. The van der Waals surface area contributed by atoms with E-state index in [-0.39, 0.29) is 51.0 Å². The smallest absolute Gasteiger partial charge is 0.323 e. The molecule has 6 atom stereocenters. The van der Waals surface area contributed by atoms with Gasteiger partial charge in [0.25, 0.3) is 0 Å². The molecule has 3 saturated carbocycles. The molecule has 6 rings (SSSR count). The molecule has 1 aromatic rings. The summed E-state index contributed by atoms with van der Waals surface area (Å²) in [7, 11) is 0. The first-order valence-corrected chi connectivity index (χ1v) is 11.6. The third kappa shape index (κ3) is 1.92. The molecule has 6 unspecified atom stereocenters. The molecular formula is C19H20N2O5S2. The normalized spacial score (nSPS) is 39.5. The molecule has 1 spiro atoms. The van der Waals surface area contributed by atoms with Crippen LogP contribution in [0.15, 0.2) is 9.82 Å². The first-order chi connectivity index (χ1) is 13.4. The van der Waals surface area contributed by atoms with Crippen LogP contribution in [-0.4, -0.2) is 44.6 Å². The van der Waals surface area contributed by atoms with Crippen LogP contribution in [0.4, 0.5) is 0 Å². The predicted octanol–water partition coefficient (Wildman–Crippen LogP) is 1.67. The second-order valence-electron chi connectivity index (χ2n) is 8.92. The highest BCUT2D eigenvalue weighted by Crippen LogP contribution is 2.71. The van der Waals surface area contributed by atoms with Gasteiger partial charge in [-0.25, -0.2) is 0 Å². The fourth-order valence-electron chi connectivity index (χ4n) is 7.26. The predicted molar refractivity (Wildman–Crippen MR) is 101 cm³/mol. The summed E-state index contributed by atoms with van der Waals surface area (Å²) in [4.78, 5) is 54.4. The second-order valence-corrected chi connectivity index (χ2v) is 11.1. The average Bonchev–Trinajstić information content (AvgIpc) is 3.41. The number of hydrogen-bond donors (Lipinski definition) is 2. The zero-order valence-corrected chi connectivity index (χ0v) is 16.7. The summed E-state index contributed by atoms with van der Waals surface area (Å²) in [5, 5.41) is 10.3. The highest BCUT2D eigenvalue weighted by Gasteiger charge is 2.72. The highest BCUT2D eigenvalue weighted by molar-refractivity contribution is 8.00. The van der Waals surface area contributed by atoms with Crippen LogP contribution in [0.1, 0.15) is 37.0 Å². The van der Waals surface area contributed by atoms with Crippen LogP contribution in [0.2, 0.25) is 0 Å². The van der Waals surface area contributed by atoms with Crippen molar-refractivity contribution in [3.63, 3.8) is 0 Å². The summed E-state index contributed by atoms with van der Waals surface area (Å²) in [6.07, 6.45) is 5.21. The molecule has 3 heterocycles. The number of carbonyl (C=O) groups excluding carboxylic acids is 2. The Morgan fingerprint density at radius 2 is 1.82 bits per heavy atom. The molecule has 4 fully saturated rings. The lowest BCUT2D eigenvalue weighted by atomic mass is 9.61. The number of nitrogens with zero attached hydrogens (tertiary/aromatic N) is 1. The van der Waals surface area contributed by atoms with Gasteiger partial charge in [0, 0.05) is 15.5 Å². The Bertz CT molecular complexity index is 977. The fourth-order valence-corrected chi connectivity index (χ4v) is 10.4. The fraction of sp³-hybridized carbons (Fsp3) is 0.684. The highest BCUT2D eigenvalue weighted by atomic mass is 32.2. The van der Waals surface area contributed by atoms with Crippen molar-refractivity contribution in [2.75, 3.05) is 6.54 Å². The minimum absolute atomic E-state index is 0.0175. The number of carboxylic acids is 1. The standard InChI is InChI=1S/C19H20N2O5S2/c22-9(23)6-21-16(24)10-7-5-8(11(10)17(21)25)13-12(7)19(3-1-2-4-19)14-15(27-13)20-18(26)28-14/h7-8,10-13H,1-6H2,(H,20,26)(H,22,23). The number of carbonyl (C=O) groups is 3. The summed E-state index contributed by atoms with van der Waals surface area (Å²) in [5.41, 5.74) is -0.0526. The molecule has 2 N–H and O–H groups in total. The van der Waals surface area contributed by atoms with E-state index in [2.05, 4.69) is 4.98 Å². The number of carboxylic acid groups (broad SMARTS) is 1. The van der Waals surface area contributed by atoms with Crippen molar-refractivity contribution in [3.05, 3.63) is 14.5 Å². The number of imide groups is 1. The summed E-state index contributed by atoms with van der Waals surface area (Å²) in [5.74, 6) is -1.96. The number of aliphatic carboxylic acids is 1. The van der Waals surface area contributed by atoms with Gasteiger partial charge < -0.3 is 10.1 Å². The third-order valence-corrected chi connectivity index (χ3v) is 10.6. The van der Waals surface area contributed by atoms with Crippen LogP contribution in [0, 0.1) is 29.6 Å². The van der Waals surface area contributed by atoms with Crippen LogP contribution in [0.25, 0.3) is 0 Å². The molecule has 2 bridgehead atoms. The summed E-state index contributed by atoms with van der Waals surface area (Å²) >= 11 is 3.02. The van der Waals surface area contributed by atoms with Crippen LogP contribution in [0.5, 0.6) is 0 Å². The van der Waals surface area contributed by atoms with E-state index in [1.54, 1.807) is 11.8 Å². The van der Waals surface area contributed by atoms with Crippen LogP contribution < -0.4 is 4.87 Å². The van der Waals surface area contributed by atoms with E-state index < -0.39 is 12.5 Å². The minimum atomic E-state index is -1.15. The third-order valence-electron chi connectivity index (χ3n) is 7.94. The van der Waals surface area contributed by atoms with Gasteiger partial charge in [-0.2, -0.15) is 0 Å². The summed E-state index contributed by atoms with van der Waals surface area (Å²) in [6, 6.07) is 0. The van der Waals surface area contributed by atoms with Gasteiger partial charge in [-0.15, -0.1) is 11.8 Å².